The SMILES string of the molecule is COC(=O)C1c2ccc(OC)cc2CC1N. The molecule has 0 aliphatic heterocycles. The van der Waals surface area contributed by atoms with Gasteiger partial charge in [-0.2, -0.15) is 0 Å². The molecule has 2 N–H and O–H groups in total. The summed E-state index contributed by atoms with van der Waals surface area (Å²) in [6.07, 6.45) is 0.687. The second-order valence-electron chi connectivity index (χ2n) is 3.93. The second kappa shape index (κ2) is 4.14. The number of esters is 1. The number of benzene rings is 1. The predicted octanol–water partition coefficient (Wildman–Crippen LogP) is 0.835. The molecular formula is C12H15NO3. The van der Waals surface area contributed by atoms with Gasteiger partial charge in [-0.1, -0.05) is 6.07 Å². The molecule has 0 fully saturated rings. The van der Waals surface area contributed by atoms with Crippen LogP contribution in [0.25, 0.3) is 0 Å². The van der Waals surface area contributed by atoms with E-state index in [1.165, 1.54) is 7.11 Å². The van der Waals surface area contributed by atoms with Crippen molar-refractivity contribution >= 4 is 5.97 Å². The minimum atomic E-state index is -0.342. The van der Waals surface area contributed by atoms with Crippen LogP contribution in [0.3, 0.4) is 0 Å². The van der Waals surface area contributed by atoms with Crippen molar-refractivity contribution in [3.8, 4) is 5.75 Å². The number of carbonyl (C=O) groups is 1. The quantitative estimate of drug-likeness (QED) is 0.751. The molecule has 0 saturated carbocycles. The van der Waals surface area contributed by atoms with E-state index < -0.39 is 0 Å². The Morgan fingerprint density at radius 2 is 2.19 bits per heavy atom. The summed E-state index contributed by atoms with van der Waals surface area (Å²) in [5.74, 6) is 0.179. The van der Waals surface area contributed by atoms with Crippen LogP contribution in [0.2, 0.25) is 0 Å². The minimum absolute atomic E-state index is 0.199. The Bertz CT molecular complexity index is 417. The number of methoxy groups -OCH3 is 2. The van der Waals surface area contributed by atoms with E-state index in [-0.39, 0.29) is 17.9 Å². The Kier molecular flexibility index (Phi) is 2.83. The molecular weight excluding hydrogens is 206 g/mol. The number of hydrogen-bond acceptors (Lipinski definition) is 4. The molecule has 0 amide bonds. The zero-order chi connectivity index (χ0) is 11.7. The number of nitrogens with two attached hydrogens (primary N) is 1. The van der Waals surface area contributed by atoms with Crippen molar-refractivity contribution in [2.75, 3.05) is 14.2 Å². The lowest BCUT2D eigenvalue weighted by Crippen LogP contribution is -2.31. The Labute approximate surface area is 94.3 Å². The van der Waals surface area contributed by atoms with Crippen LogP contribution in [0.1, 0.15) is 17.0 Å². The Morgan fingerprint density at radius 3 is 2.81 bits per heavy atom. The first-order valence-corrected chi connectivity index (χ1v) is 5.17. The van der Waals surface area contributed by atoms with Gasteiger partial charge in [0, 0.05) is 6.04 Å². The second-order valence-corrected chi connectivity index (χ2v) is 3.93. The van der Waals surface area contributed by atoms with Gasteiger partial charge in [-0.05, 0) is 29.7 Å². The normalized spacial score (nSPS) is 22.7. The molecule has 4 nitrogen and oxygen atoms in total. The molecule has 16 heavy (non-hydrogen) atoms. The average Bonchev–Trinajstić information content (AvgIpc) is 2.62. The van der Waals surface area contributed by atoms with Gasteiger partial charge in [0.05, 0.1) is 20.1 Å². The summed E-state index contributed by atoms with van der Waals surface area (Å²) in [5.41, 5.74) is 7.99. The molecule has 0 bridgehead atoms. The van der Waals surface area contributed by atoms with Gasteiger partial charge in [-0.3, -0.25) is 4.79 Å². The fraction of sp³-hybridized carbons (Fsp3) is 0.417. The van der Waals surface area contributed by atoms with Crippen LogP contribution >= 0.6 is 0 Å². The summed E-state index contributed by atoms with van der Waals surface area (Å²) in [6, 6.07) is 5.46. The van der Waals surface area contributed by atoms with Crippen molar-refractivity contribution in [1.82, 2.24) is 0 Å². The highest BCUT2D eigenvalue weighted by Gasteiger charge is 2.36. The van der Waals surface area contributed by atoms with Crippen molar-refractivity contribution in [1.29, 1.82) is 0 Å². The lowest BCUT2D eigenvalue weighted by Gasteiger charge is -2.13. The van der Waals surface area contributed by atoms with Crippen LogP contribution in [-0.4, -0.2) is 26.2 Å². The molecule has 1 aliphatic carbocycles. The first kappa shape index (κ1) is 11.0. The monoisotopic (exact) mass is 221 g/mol. The number of fused-ring (bicyclic) bond motifs is 1. The molecule has 4 heteroatoms. The van der Waals surface area contributed by atoms with Crippen LogP contribution in [0.15, 0.2) is 18.2 Å². The van der Waals surface area contributed by atoms with E-state index in [9.17, 15) is 4.79 Å². The highest BCUT2D eigenvalue weighted by Crippen LogP contribution is 2.35. The van der Waals surface area contributed by atoms with E-state index >= 15 is 0 Å². The van der Waals surface area contributed by atoms with Crippen LogP contribution in [-0.2, 0) is 16.0 Å². The van der Waals surface area contributed by atoms with E-state index in [4.69, 9.17) is 15.2 Å². The molecule has 2 unspecified atom stereocenters. The van der Waals surface area contributed by atoms with Crippen LogP contribution in [0.5, 0.6) is 5.75 Å². The Hall–Kier alpha value is -1.55. The Morgan fingerprint density at radius 1 is 1.44 bits per heavy atom. The van der Waals surface area contributed by atoms with Gasteiger partial charge in [-0.25, -0.2) is 0 Å². The maximum atomic E-state index is 11.6. The topological polar surface area (TPSA) is 61.5 Å². The maximum absolute atomic E-state index is 11.6. The summed E-state index contributed by atoms with van der Waals surface area (Å²) in [7, 11) is 3.00. The lowest BCUT2D eigenvalue weighted by atomic mass is 9.99. The summed E-state index contributed by atoms with van der Waals surface area (Å²) >= 11 is 0. The van der Waals surface area contributed by atoms with Crippen LogP contribution in [0, 0.1) is 0 Å². The summed E-state index contributed by atoms with van der Waals surface area (Å²) in [5, 5.41) is 0. The standard InChI is InChI=1S/C12H15NO3/c1-15-8-3-4-9-7(5-8)6-10(13)11(9)12(14)16-2/h3-5,10-11H,6,13H2,1-2H3. The van der Waals surface area contributed by atoms with Gasteiger partial charge in [0.1, 0.15) is 5.75 Å². The van der Waals surface area contributed by atoms with Gasteiger partial charge in [0.2, 0.25) is 0 Å². The first-order valence-electron chi connectivity index (χ1n) is 5.17. The van der Waals surface area contributed by atoms with E-state index in [1.807, 2.05) is 18.2 Å². The molecule has 0 aromatic heterocycles. The van der Waals surface area contributed by atoms with Crippen LogP contribution in [0.4, 0.5) is 0 Å². The number of rotatable bonds is 2. The largest absolute Gasteiger partial charge is 0.497 e. The highest BCUT2D eigenvalue weighted by molar-refractivity contribution is 5.81. The smallest absolute Gasteiger partial charge is 0.314 e. The number of hydrogen-bond donors (Lipinski definition) is 1. The fourth-order valence-electron chi connectivity index (χ4n) is 2.22. The predicted molar refractivity (Wildman–Crippen MR) is 59.4 cm³/mol. The average molecular weight is 221 g/mol. The van der Waals surface area contributed by atoms with E-state index in [0.29, 0.717) is 6.42 Å². The first-order chi connectivity index (χ1) is 7.67. The number of ether oxygens (including phenoxy) is 2. The zero-order valence-electron chi connectivity index (χ0n) is 9.40. The fourth-order valence-corrected chi connectivity index (χ4v) is 2.22. The maximum Gasteiger partial charge on any atom is 0.314 e. The van der Waals surface area contributed by atoms with Crippen molar-refractivity contribution in [2.45, 2.75) is 18.4 Å². The van der Waals surface area contributed by atoms with Crippen molar-refractivity contribution in [2.24, 2.45) is 5.73 Å². The highest BCUT2D eigenvalue weighted by atomic mass is 16.5. The van der Waals surface area contributed by atoms with Gasteiger partial charge in [0.25, 0.3) is 0 Å². The van der Waals surface area contributed by atoms with E-state index in [2.05, 4.69) is 0 Å². The molecule has 1 aliphatic rings. The molecule has 0 heterocycles. The van der Waals surface area contributed by atoms with E-state index in [1.54, 1.807) is 7.11 Å². The summed E-state index contributed by atoms with van der Waals surface area (Å²) < 4.78 is 9.91. The van der Waals surface area contributed by atoms with Gasteiger partial charge in [0.15, 0.2) is 0 Å². The molecule has 0 spiro atoms. The lowest BCUT2D eigenvalue weighted by molar-refractivity contribution is -0.142. The van der Waals surface area contributed by atoms with E-state index in [0.717, 1.165) is 16.9 Å². The molecule has 2 rings (SSSR count). The molecule has 1 aromatic rings. The van der Waals surface area contributed by atoms with Crippen molar-refractivity contribution in [3.63, 3.8) is 0 Å². The van der Waals surface area contributed by atoms with Crippen LogP contribution < -0.4 is 10.5 Å². The summed E-state index contributed by atoms with van der Waals surface area (Å²) in [4.78, 5) is 11.6. The molecule has 1 aromatic carbocycles. The van der Waals surface area contributed by atoms with Gasteiger partial charge >= 0.3 is 5.97 Å². The zero-order valence-corrected chi connectivity index (χ0v) is 9.40. The third-order valence-corrected chi connectivity index (χ3v) is 3.02. The molecule has 2 atom stereocenters. The third-order valence-electron chi connectivity index (χ3n) is 3.02. The number of carbonyl (C=O) groups excluding carboxylic acids is 1. The van der Waals surface area contributed by atoms with Gasteiger partial charge in [-0.15, -0.1) is 0 Å². The minimum Gasteiger partial charge on any atom is -0.497 e. The molecule has 86 valence electrons. The van der Waals surface area contributed by atoms with Gasteiger partial charge < -0.3 is 15.2 Å². The molecule has 0 saturated heterocycles. The van der Waals surface area contributed by atoms with Crippen molar-refractivity contribution in [3.05, 3.63) is 29.3 Å². The molecule has 0 radical (unpaired) electrons. The Balaban J connectivity index is 2.38. The summed E-state index contributed by atoms with van der Waals surface area (Å²) in [6.45, 7) is 0. The third kappa shape index (κ3) is 1.65. The van der Waals surface area contributed by atoms with Crippen molar-refractivity contribution < 1.29 is 14.3 Å².